The third kappa shape index (κ3) is 4.21. The van der Waals surface area contributed by atoms with Gasteiger partial charge in [-0.15, -0.1) is 0 Å². The van der Waals surface area contributed by atoms with Crippen LogP contribution < -0.4 is 10.1 Å². The minimum absolute atomic E-state index is 0.401. The molecule has 0 radical (unpaired) electrons. The highest BCUT2D eigenvalue weighted by atomic mass is 35.5. The topological polar surface area (TPSA) is 21.3 Å². The number of rotatable bonds is 5. The molecule has 22 heavy (non-hydrogen) atoms. The lowest BCUT2D eigenvalue weighted by atomic mass is 10.1. The van der Waals surface area contributed by atoms with Crippen LogP contribution in [0.3, 0.4) is 0 Å². The number of nitrogens with one attached hydrogen (secondary N) is 1. The summed E-state index contributed by atoms with van der Waals surface area (Å²) in [6, 6.07) is 11.9. The van der Waals surface area contributed by atoms with Crippen LogP contribution in [-0.2, 0) is 6.61 Å². The van der Waals surface area contributed by atoms with Crippen LogP contribution in [0.5, 0.6) is 5.75 Å². The van der Waals surface area contributed by atoms with Crippen molar-refractivity contribution in [3.8, 4) is 5.75 Å². The summed E-state index contributed by atoms with van der Waals surface area (Å²) >= 11 is 11.6. The van der Waals surface area contributed by atoms with Crippen molar-refractivity contribution in [1.82, 2.24) is 0 Å². The molecule has 2 aromatic rings. The fourth-order valence-corrected chi connectivity index (χ4v) is 2.51. The molecular weight excluding hydrogens is 314 g/mol. The van der Waals surface area contributed by atoms with Crippen molar-refractivity contribution in [3.63, 3.8) is 0 Å². The molecule has 0 fully saturated rings. The smallest absolute Gasteiger partial charge is 0.122 e. The van der Waals surface area contributed by atoms with Gasteiger partial charge in [-0.1, -0.05) is 54.5 Å². The van der Waals surface area contributed by atoms with Crippen LogP contribution in [-0.4, -0.2) is 4.99 Å². The number of ether oxygens (including phenoxy) is 1. The zero-order valence-electron chi connectivity index (χ0n) is 13.1. The normalized spacial score (nSPS) is 10.4. The van der Waals surface area contributed by atoms with Gasteiger partial charge in [0.05, 0.1) is 4.99 Å². The molecule has 0 saturated carbocycles. The lowest BCUT2D eigenvalue weighted by Crippen LogP contribution is -2.10. The van der Waals surface area contributed by atoms with E-state index in [0.29, 0.717) is 11.6 Å². The van der Waals surface area contributed by atoms with Crippen molar-refractivity contribution in [1.29, 1.82) is 0 Å². The Balaban J connectivity index is 2.19. The van der Waals surface area contributed by atoms with E-state index in [1.807, 2.05) is 44.2 Å². The molecule has 0 amide bonds. The Morgan fingerprint density at radius 3 is 2.68 bits per heavy atom. The Labute approximate surface area is 142 Å². The van der Waals surface area contributed by atoms with Crippen LogP contribution in [0.2, 0.25) is 5.02 Å². The van der Waals surface area contributed by atoms with Crippen LogP contribution in [0.25, 0.3) is 0 Å². The first kappa shape index (κ1) is 16.8. The van der Waals surface area contributed by atoms with Crippen LogP contribution in [0.1, 0.15) is 30.0 Å². The Kier molecular flexibility index (Phi) is 5.81. The second-order valence-electron chi connectivity index (χ2n) is 5.23. The lowest BCUT2D eigenvalue weighted by molar-refractivity contribution is 0.305. The molecule has 0 bridgehead atoms. The highest BCUT2D eigenvalue weighted by molar-refractivity contribution is 7.80. The zero-order valence-corrected chi connectivity index (χ0v) is 14.6. The van der Waals surface area contributed by atoms with Gasteiger partial charge in [-0.25, -0.2) is 0 Å². The van der Waals surface area contributed by atoms with Gasteiger partial charge < -0.3 is 10.1 Å². The first-order valence-corrected chi connectivity index (χ1v) is 8.07. The predicted octanol–water partition coefficient (Wildman–Crippen LogP) is 5.69. The summed E-state index contributed by atoms with van der Waals surface area (Å²) in [6.07, 6.45) is 0.791. The van der Waals surface area contributed by atoms with E-state index in [1.54, 1.807) is 0 Å². The number of aryl methyl sites for hydroxylation is 2. The maximum absolute atomic E-state index is 6.32. The van der Waals surface area contributed by atoms with Gasteiger partial charge in [-0.3, -0.25) is 0 Å². The van der Waals surface area contributed by atoms with E-state index in [4.69, 9.17) is 28.6 Å². The molecule has 0 heterocycles. The van der Waals surface area contributed by atoms with Gasteiger partial charge in [0.25, 0.3) is 0 Å². The van der Waals surface area contributed by atoms with Gasteiger partial charge in [0.2, 0.25) is 0 Å². The maximum Gasteiger partial charge on any atom is 0.122 e. The monoisotopic (exact) mass is 333 g/mol. The fraction of sp³-hybridized carbons (Fsp3) is 0.278. The minimum atomic E-state index is 0.401. The molecular formula is C18H20ClNOS. The molecule has 2 nitrogen and oxygen atoms in total. The van der Waals surface area contributed by atoms with E-state index in [1.165, 1.54) is 5.56 Å². The summed E-state index contributed by atoms with van der Waals surface area (Å²) in [7, 11) is 0. The Morgan fingerprint density at radius 2 is 2.00 bits per heavy atom. The number of anilines is 1. The second-order valence-corrected chi connectivity index (χ2v) is 6.13. The van der Waals surface area contributed by atoms with Crippen molar-refractivity contribution < 1.29 is 4.74 Å². The predicted molar refractivity (Wildman–Crippen MR) is 98.2 cm³/mol. The number of thiocarbonyl (C=S) groups is 1. The Bertz CT molecular complexity index is 685. The summed E-state index contributed by atoms with van der Waals surface area (Å²) in [6.45, 7) is 6.53. The second kappa shape index (κ2) is 7.61. The zero-order chi connectivity index (χ0) is 16.1. The highest BCUT2D eigenvalue weighted by Crippen LogP contribution is 2.27. The van der Waals surface area contributed by atoms with Gasteiger partial charge in [0.1, 0.15) is 12.4 Å². The van der Waals surface area contributed by atoms with Crippen molar-refractivity contribution in [3.05, 3.63) is 58.1 Å². The van der Waals surface area contributed by atoms with Crippen molar-refractivity contribution >= 4 is 34.5 Å². The third-order valence-corrected chi connectivity index (χ3v) is 4.16. The summed E-state index contributed by atoms with van der Waals surface area (Å²) in [5.41, 5.74) is 4.16. The first-order chi connectivity index (χ1) is 10.5. The first-order valence-electron chi connectivity index (χ1n) is 7.28. The molecule has 4 heteroatoms. The lowest BCUT2D eigenvalue weighted by Gasteiger charge is -2.15. The number of halogens is 1. The van der Waals surface area contributed by atoms with E-state index in [9.17, 15) is 0 Å². The Morgan fingerprint density at radius 1 is 1.23 bits per heavy atom. The molecule has 2 aromatic carbocycles. The molecule has 0 saturated heterocycles. The molecule has 0 unspecified atom stereocenters. The SMILES string of the molecule is CCC(=S)Nc1cccc(Cl)c1COc1ccc(C)cc1C. The molecule has 0 aliphatic heterocycles. The van der Waals surface area contributed by atoms with Crippen molar-refractivity contribution in [2.24, 2.45) is 0 Å². The maximum atomic E-state index is 6.32. The van der Waals surface area contributed by atoms with Crippen LogP contribution in [0.4, 0.5) is 5.69 Å². The molecule has 1 N–H and O–H groups in total. The molecule has 116 valence electrons. The van der Waals surface area contributed by atoms with Gasteiger partial charge in [-0.2, -0.15) is 0 Å². The number of hydrogen-bond donors (Lipinski definition) is 1. The van der Waals surface area contributed by atoms with E-state index >= 15 is 0 Å². The molecule has 0 aliphatic carbocycles. The molecule has 0 atom stereocenters. The van der Waals surface area contributed by atoms with Gasteiger partial charge in [0, 0.05) is 16.3 Å². The summed E-state index contributed by atoms with van der Waals surface area (Å²) in [5.74, 6) is 0.870. The largest absolute Gasteiger partial charge is 0.488 e. The molecule has 0 aromatic heterocycles. The van der Waals surface area contributed by atoms with Crippen LogP contribution >= 0.6 is 23.8 Å². The number of benzene rings is 2. The van der Waals surface area contributed by atoms with E-state index in [2.05, 4.69) is 18.3 Å². The standard InChI is InChI=1S/C18H20ClNOS/c1-4-18(22)20-16-7-5-6-15(19)14(16)11-21-17-9-8-12(2)10-13(17)3/h5-10H,4,11H2,1-3H3,(H,20,22). The summed E-state index contributed by atoms with van der Waals surface area (Å²) in [5, 5.41) is 3.90. The molecule has 2 rings (SSSR count). The fourth-order valence-electron chi connectivity index (χ4n) is 2.17. The summed E-state index contributed by atoms with van der Waals surface area (Å²) in [4.78, 5) is 0.787. The van der Waals surface area contributed by atoms with Crippen molar-refractivity contribution in [2.45, 2.75) is 33.8 Å². The van der Waals surface area contributed by atoms with Gasteiger partial charge >= 0.3 is 0 Å². The summed E-state index contributed by atoms with van der Waals surface area (Å²) < 4.78 is 5.95. The number of hydrogen-bond acceptors (Lipinski definition) is 2. The van der Waals surface area contributed by atoms with Gasteiger partial charge in [0.15, 0.2) is 0 Å². The third-order valence-electron chi connectivity index (χ3n) is 3.42. The van der Waals surface area contributed by atoms with Crippen molar-refractivity contribution in [2.75, 3.05) is 5.32 Å². The quantitative estimate of drug-likeness (QED) is 0.711. The van der Waals surface area contributed by atoms with Gasteiger partial charge in [-0.05, 0) is 44.0 Å². The highest BCUT2D eigenvalue weighted by Gasteiger charge is 2.10. The minimum Gasteiger partial charge on any atom is -0.488 e. The van der Waals surface area contributed by atoms with E-state index < -0.39 is 0 Å². The molecule has 0 spiro atoms. The average Bonchev–Trinajstić information content (AvgIpc) is 2.48. The molecule has 0 aliphatic rings. The average molecular weight is 334 g/mol. The van der Waals surface area contributed by atoms with Crippen LogP contribution in [0, 0.1) is 13.8 Å². The van der Waals surface area contributed by atoms with E-state index in [0.717, 1.165) is 34.0 Å². The van der Waals surface area contributed by atoms with E-state index in [-0.39, 0.29) is 0 Å². The van der Waals surface area contributed by atoms with Crippen LogP contribution in [0.15, 0.2) is 36.4 Å². The Hall–Kier alpha value is -1.58.